The summed E-state index contributed by atoms with van der Waals surface area (Å²) in [4.78, 5) is 25.4. The molecule has 0 bridgehead atoms. The highest BCUT2D eigenvalue weighted by Crippen LogP contribution is 2.27. The van der Waals surface area contributed by atoms with Crippen LogP contribution < -0.4 is 15.5 Å². The number of nitrogens with zero attached hydrogens (tertiary/aromatic N) is 2. The number of nitrogens with one attached hydrogen (secondary N) is 2. The normalized spacial score (nSPS) is 12.3. The smallest absolute Gasteiger partial charge is 0.262 e. The summed E-state index contributed by atoms with van der Waals surface area (Å²) < 4.78 is 7.71. The summed E-state index contributed by atoms with van der Waals surface area (Å²) in [5.41, 5.74) is 5.68. The first-order valence-electron chi connectivity index (χ1n) is 11.9. The second-order valence-corrected chi connectivity index (χ2v) is 9.93. The van der Waals surface area contributed by atoms with Crippen LogP contribution in [0.4, 0.5) is 0 Å². The third-order valence-electron chi connectivity index (χ3n) is 5.88. The van der Waals surface area contributed by atoms with Gasteiger partial charge in [0.2, 0.25) is 5.91 Å². The highest BCUT2D eigenvalue weighted by molar-refractivity contribution is 6.35. The summed E-state index contributed by atoms with van der Waals surface area (Å²) in [6.07, 6.45) is 2.84. The lowest BCUT2D eigenvalue weighted by molar-refractivity contribution is -0.129. The molecule has 1 atom stereocenters. The Balaban J connectivity index is 1.54. The maximum Gasteiger partial charge on any atom is 0.262 e. The molecule has 0 saturated carbocycles. The van der Waals surface area contributed by atoms with Crippen LogP contribution in [0.3, 0.4) is 0 Å². The first-order valence-corrected chi connectivity index (χ1v) is 12.7. The number of amides is 2. The van der Waals surface area contributed by atoms with Crippen LogP contribution >= 0.6 is 23.2 Å². The van der Waals surface area contributed by atoms with Crippen molar-refractivity contribution >= 4 is 52.1 Å². The maximum absolute atomic E-state index is 12.8. The molecule has 0 saturated heterocycles. The van der Waals surface area contributed by atoms with Gasteiger partial charge < -0.3 is 14.6 Å². The van der Waals surface area contributed by atoms with Gasteiger partial charge >= 0.3 is 0 Å². The minimum absolute atomic E-state index is 0.209. The summed E-state index contributed by atoms with van der Waals surface area (Å²) in [5.74, 6) is 0.143. The average Bonchev–Trinajstić information content (AvgIpc) is 3.07. The van der Waals surface area contributed by atoms with Crippen LogP contribution in [0, 0.1) is 12.8 Å². The number of halogens is 2. The minimum Gasteiger partial charge on any atom is -0.492 e. The molecule has 1 aromatic heterocycles. The van der Waals surface area contributed by atoms with Crippen molar-refractivity contribution in [1.29, 1.82) is 0 Å². The summed E-state index contributed by atoms with van der Waals surface area (Å²) in [7, 11) is 2.00. The number of hydrazone groups is 1. The number of hydrogen-bond acceptors (Lipinski definition) is 4. The monoisotopic (exact) mass is 530 g/mol. The van der Waals surface area contributed by atoms with Crippen molar-refractivity contribution in [2.75, 3.05) is 6.61 Å². The fourth-order valence-corrected chi connectivity index (χ4v) is 4.39. The number of aryl methyl sites for hydroxylation is 1. The molecule has 192 valence electrons. The number of ether oxygens (including phenoxy) is 1. The van der Waals surface area contributed by atoms with E-state index >= 15 is 0 Å². The summed E-state index contributed by atoms with van der Waals surface area (Å²) in [5, 5.41) is 9.03. The van der Waals surface area contributed by atoms with Crippen molar-refractivity contribution < 1.29 is 14.3 Å². The fourth-order valence-electron chi connectivity index (χ4n) is 3.93. The van der Waals surface area contributed by atoms with Crippen molar-refractivity contribution in [3.63, 3.8) is 0 Å². The van der Waals surface area contributed by atoms with Crippen LogP contribution in [0.1, 0.15) is 44.4 Å². The van der Waals surface area contributed by atoms with Gasteiger partial charge in [-0.05, 0) is 49.9 Å². The highest BCUT2D eigenvalue weighted by Gasteiger charge is 2.21. The van der Waals surface area contributed by atoms with Crippen LogP contribution in [0.5, 0.6) is 5.75 Å². The number of para-hydroxylation sites is 1. The van der Waals surface area contributed by atoms with E-state index in [1.807, 2.05) is 52.1 Å². The van der Waals surface area contributed by atoms with Gasteiger partial charge in [-0.15, -0.1) is 0 Å². The fraction of sp³-hybridized carbons (Fsp3) is 0.370. The van der Waals surface area contributed by atoms with Gasteiger partial charge in [-0.25, -0.2) is 5.43 Å². The third-order valence-corrected chi connectivity index (χ3v) is 6.41. The van der Waals surface area contributed by atoms with Crippen LogP contribution in [0.2, 0.25) is 10.0 Å². The number of carbonyl (C=O) groups is 2. The molecule has 0 aliphatic heterocycles. The van der Waals surface area contributed by atoms with Crippen LogP contribution in [0.15, 0.2) is 47.6 Å². The Morgan fingerprint density at radius 3 is 2.64 bits per heavy atom. The molecule has 2 aromatic carbocycles. The molecule has 7 nitrogen and oxygen atoms in total. The molecule has 3 rings (SSSR count). The zero-order valence-corrected chi connectivity index (χ0v) is 22.5. The van der Waals surface area contributed by atoms with E-state index in [9.17, 15) is 9.59 Å². The van der Waals surface area contributed by atoms with Crippen molar-refractivity contribution in [3.8, 4) is 5.75 Å². The molecule has 2 N–H and O–H groups in total. The number of carbonyl (C=O) groups excluding carboxylic acids is 2. The zero-order valence-electron chi connectivity index (χ0n) is 21.0. The molecule has 9 heteroatoms. The summed E-state index contributed by atoms with van der Waals surface area (Å²) in [6, 6.07) is 12.3. The Morgan fingerprint density at radius 2 is 1.92 bits per heavy atom. The summed E-state index contributed by atoms with van der Waals surface area (Å²) >= 11 is 12.0. The van der Waals surface area contributed by atoms with Crippen LogP contribution in [0.25, 0.3) is 10.9 Å². The van der Waals surface area contributed by atoms with Crippen molar-refractivity contribution in [2.45, 2.75) is 46.1 Å². The Bertz CT molecular complexity index is 1250. The lowest BCUT2D eigenvalue weighted by Crippen LogP contribution is -2.46. The first kappa shape index (κ1) is 27.6. The summed E-state index contributed by atoms with van der Waals surface area (Å²) in [6.45, 7) is 6.32. The molecule has 0 radical (unpaired) electrons. The standard InChI is InChI=1S/C27H32Cl2N4O3/c1-17(2)14-23(31-26(34)10-7-13-36-25-12-11-19(28)15-22(25)29)27(35)32-30-16-21-18(3)33(4)24-9-6-5-8-20(21)24/h5-6,8-9,11-12,15-17,23H,7,10,13-14H2,1-4H3,(H,31,34)(H,32,35)/b30-16-/t23-/m0/s1. The predicted molar refractivity (Wildman–Crippen MR) is 146 cm³/mol. The first-order chi connectivity index (χ1) is 17.2. The van der Waals surface area contributed by atoms with Crippen molar-refractivity contribution in [2.24, 2.45) is 18.1 Å². The lowest BCUT2D eigenvalue weighted by atomic mass is 10.0. The van der Waals surface area contributed by atoms with E-state index in [-0.39, 0.29) is 24.2 Å². The van der Waals surface area contributed by atoms with Gasteiger partial charge in [0.25, 0.3) is 5.91 Å². The molecule has 3 aromatic rings. The largest absolute Gasteiger partial charge is 0.492 e. The van der Waals surface area contributed by atoms with Gasteiger partial charge in [0.15, 0.2) is 0 Å². The minimum atomic E-state index is -0.685. The Kier molecular flexibility index (Phi) is 9.79. The molecule has 36 heavy (non-hydrogen) atoms. The number of fused-ring (bicyclic) bond motifs is 1. The molecular weight excluding hydrogens is 499 g/mol. The third kappa shape index (κ3) is 7.24. The molecule has 0 aliphatic carbocycles. The van der Waals surface area contributed by atoms with Gasteiger partial charge in [-0.2, -0.15) is 5.10 Å². The van der Waals surface area contributed by atoms with Gasteiger partial charge in [0, 0.05) is 40.7 Å². The quantitative estimate of drug-likeness (QED) is 0.191. The van der Waals surface area contributed by atoms with Crippen molar-refractivity contribution in [1.82, 2.24) is 15.3 Å². The molecule has 0 fully saturated rings. The molecule has 1 heterocycles. The van der Waals surface area contributed by atoms with Crippen molar-refractivity contribution in [3.05, 3.63) is 63.8 Å². The van der Waals surface area contributed by atoms with E-state index < -0.39 is 6.04 Å². The topological polar surface area (TPSA) is 84.7 Å². The number of aromatic nitrogens is 1. The van der Waals surface area contributed by atoms with E-state index in [0.717, 1.165) is 22.2 Å². The predicted octanol–water partition coefficient (Wildman–Crippen LogP) is 5.63. The SMILES string of the molecule is Cc1c(/C=N\NC(=O)[C@H](CC(C)C)NC(=O)CCCOc2ccc(Cl)cc2Cl)c2ccccc2n1C. The Hall–Kier alpha value is -3.03. The number of rotatable bonds is 11. The number of hydrogen-bond donors (Lipinski definition) is 2. The zero-order chi connectivity index (χ0) is 26.2. The molecule has 0 aliphatic rings. The second-order valence-electron chi connectivity index (χ2n) is 9.09. The second kappa shape index (κ2) is 12.8. The Morgan fingerprint density at radius 1 is 1.17 bits per heavy atom. The van der Waals surface area contributed by atoms with E-state index in [1.165, 1.54) is 0 Å². The van der Waals surface area contributed by atoms with E-state index in [1.54, 1.807) is 24.4 Å². The molecule has 0 spiro atoms. The van der Waals surface area contributed by atoms with E-state index in [4.69, 9.17) is 27.9 Å². The lowest BCUT2D eigenvalue weighted by Gasteiger charge is -2.19. The van der Waals surface area contributed by atoms with Crippen LogP contribution in [-0.2, 0) is 16.6 Å². The molecule has 0 unspecified atom stereocenters. The maximum atomic E-state index is 12.8. The molecular formula is C27H32Cl2N4O3. The highest BCUT2D eigenvalue weighted by atomic mass is 35.5. The van der Waals surface area contributed by atoms with Gasteiger partial charge in [-0.1, -0.05) is 55.2 Å². The molecule has 2 amide bonds. The Labute approximate surface area is 221 Å². The van der Waals surface area contributed by atoms with Gasteiger partial charge in [0.1, 0.15) is 11.8 Å². The van der Waals surface area contributed by atoms with Gasteiger partial charge in [-0.3, -0.25) is 9.59 Å². The van der Waals surface area contributed by atoms with Crippen LogP contribution in [-0.4, -0.2) is 35.2 Å². The number of benzene rings is 2. The van der Waals surface area contributed by atoms with E-state index in [2.05, 4.69) is 20.4 Å². The van der Waals surface area contributed by atoms with E-state index in [0.29, 0.717) is 35.2 Å². The average molecular weight is 531 g/mol. The van der Waals surface area contributed by atoms with Gasteiger partial charge in [0.05, 0.1) is 17.8 Å².